The zero-order chi connectivity index (χ0) is 14.7. The molecule has 6 heteroatoms. The Bertz CT molecular complexity index is 771. The van der Waals surface area contributed by atoms with Gasteiger partial charge in [-0.05, 0) is 43.4 Å². The van der Waals surface area contributed by atoms with Crippen molar-refractivity contribution in [3.05, 3.63) is 46.0 Å². The van der Waals surface area contributed by atoms with Gasteiger partial charge in [-0.3, -0.25) is 0 Å². The molecule has 0 unspecified atom stereocenters. The van der Waals surface area contributed by atoms with E-state index < -0.39 is 11.8 Å². The summed E-state index contributed by atoms with van der Waals surface area (Å²) in [5.74, 6) is -1.01. The first-order valence-corrected chi connectivity index (χ1v) is 7.25. The van der Waals surface area contributed by atoms with Crippen LogP contribution in [0.5, 0.6) is 0 Å². The topological polar surface area (TPSA) is 55.1 Å². The van der Waals surface area contributed by atoms with Gasteiger partial charge in [0, 0.05) is 16.5 Å². The quantitative estimate of drug-likeness (QED) is 0.920. The van der Waals surface area contributed by atoms with Crippen molar-refractivity contribution in [1.29, 1.82) is 0 Å². The smallest absolute Gasteiger partial charge is 0.356 e. The van der Waals surface area contributed by atoms with E-state index in [9.17, 15) is 14.3 Å². The lowest BCUT2D eigenvalue weighted by atomic mass is 9.95. The highest BCUT2D eigenvalue weighted by atomic mass is 35.5. The second-order valence-electron chi connectivity index (χ2n) is 5.67. The summed E-state index contributed by atoms with van der Waals surface area (Å²) in [4.78, 5) is 11.4. The van der Waals surface area contributed by atoms with Gasteiger partial charge < -0.3 is 5.11 Å². The van der Waals surface area contributed by atoms with Crippen molar-refractivity contribution in [3.8, 4) is 5.69 Å². The summed E-state index contributed by atoms with van der Waals surface area (Å²) in [6.45, 7) is 0. The van der Waals surface area contributed by atoms with Crippen molar-refractivity contribution in [3.63, 3.8) is 0 Å². The number of fused-ring (bicyclic) bond motifs is 5. The second kappa shape index (κ2) is 4.31. The molecule has 0 spiro atoms. The molecule has 0 saturated heterocycles. The maximum atomic E-state index is 14.2. The van der Waals surface area contributed by atoms with Crippen LogP contribution >= 0.6 is 11.6 Å². The summed E-state index contributed by atoms with van der Waals surface area (Å²) in [6, 6.07) is 4.35. The van der Waals surface area contributed by atoms with E-state index in [4.69, 9.17) is 11.6 Å². The fourth-order valence-corrected chi connectivity index (χ4v) is 3.88. The van der Waals surface area contributed by atoms with Crippen molar-refractivity contribution in [2.75, 3.05) is 0 Å². The van der Waals surface area contributed by atoms with E-state index in [2.05, 4.69) is 5.10 Å². The fourth-order valence-electron chi connectivity index (χ4n) is 3.73. The summed E-state index contributed by atoms with van der Waals surface area (Å²) in [6.07, 6.45) is 2.95. The monoisotopic (exact) mass is 306 g/mol. The van der Waals surface area contributed by atoms with Crippen LogP contribution in [0.25, 0.3) is 5.69 Å². The molecule has 108 valence electrons. The molecule has 1 fully saturated rings. The van der Waals surface area contributed by atoms with Crippen LogP contribution in [0.15, 0.2) is 18.2 Å². The molecule has 2 aromatic rings. The van der Waals surface area contributed by atoms with E-state index in [1.165, 1.54) is 10.7 Å². The van der Waals surface area contributed by atoms with Crippen LogP contribution < -0.4 is 0 Å². The lowest BCUT2D eigenvalue weighted by Crippen LogP contribution is -2.07. The highest BCUT2D eigenvalue weighted by Crippen LogP contribution is 2.54. The lowest BCUT2D eigenvalue weighted by Gasteiger charge is -2.14. The van der Waals surface area contributed by atoms with Crippen molar-refractivity contribution in [2.45, 2.75) is 31.1 Å². The van der Waals surface area contributed by atoms with E-state index in [-0.39, 0.29) is 23.2 Å². The van der Waals surface area contributed by atoms with Crippen LogP contribution in [0.2, 0.25) is 5.02 Å². The Hall–Kier alpha value is -1.88. The second-order valence-corrected chi connectivity index (χ2v) is 6.10. The van der Waals surface area contributed by atoms with E-state index in [1.54, 1.807) is 12.1 Å². The first-order chi connectivity index (χ1) is 10.1. The number of hydrogen-bond acceptors (Lipinski definition) is 2. The zero-order valence-electron chi connectivity index (χ0n) is 11.0. The van der Waals surface area contributed by atoms with Crippen molar-refractivity contribution in [1.82, 2.24) is 9.78 Å². The van der Waals surface area contributed by atoms with E-state index in [0.717, 1.165) is 30.5 Å². The minimum absolute atomic E-state index is 0.0616. The van der Waals surface area contributed by atoms with E-state index in [0.29, 0.717) is 5.02 Å². The Balaban J connectivity index is 1.97. The van der Waals surface area contributed by atoms with E-state index >= 15 is 0 Å². The molecule has 2 atom stereocenters. The minimum Gasteiger partial charge on any atom is -0.476 e. The number of nitrogens with zero attached hydrogens (tertiary/aromatic N) is 2. The average Bonchev–Trinajstić information content (AvgIpc) is 3.09. The molecule has 4 rings (SSSR count). The Morgan fingerprint density at radius 3 is 2.86 bits per heavy atom. The van der Waals surface area contributed by atoms with Gasteiger partial charge in [0.1, 0.15) is 11.5 Å². The number of aromatic carboxylic acids is 1. The number of halogens is 2. The Labute approximate surface area is 125 Å². The van der Waals surface area contributed by atoms with Gasteiger partial charge in [0.25, 0.3) is 0 Å². The summed E-state index contributed by atoms with van der Waals surface area (Å²) >= 11 is 5.78. The van der Waals surface area contributed by atoms with E-state index in [1.807, 2.05) is 0 Å². The normalized spacial score (nSPS) is 22.6. The standard InChI is InChI=1S/C15H12ClFN2O2/c16-9-3-4-11(10(17)6-9)19-14-8-2-1-7(5-8)12(14)13(18-19)15(20)21/h3-4,6-8H,1-2,5H2,(H,20,21)/t7-,8+/m1/s1. The number of hydrogen-bond donors (Lipinski definition) is 1. The van der Waals surface area contributed by atoms with Crippen LogP contribution in [-0.4, -0.2) is 20.9 Å². The Kier molecular flexibility index (Phi) is 2.63. The minimum atomic E-state index is -1.05. The third-order valence-electron chi connectivity index (χ3n) is 4.53. The maximum Gasteiger partial charge on any atom is 0.356 e. The van der Waals surface area contributed by atoms with Crippen LogP contribution in [-0.2, 0) is 0 Å². The largest absolute Gasteiger partial charge is 0.476 e. The number of benzene rings is 1. The van der Waals surface area contributed by atoms with Gasteiger partial charge in [-0.25, -0.2) is 13.9 Å². The SMILES string of the molecule is O=C(O)c1nn(-c2ccc(Cl)cc2F)c2c1[C@@H]1CC[C@H]2C1. The molecule has 21 heavy (non-hydrogen) atoms. The van der Waals surface area contributed by atoms with Gasteiger partial charge >= 0.3 is 5.97 Å². The Morgan fingerprint density at radius 1 is 1.38 bits per heavy atom. The van der Waals surface area contributed by atoms with Crippen LogP contribution in [0, 0.1) is 5.82 Å². The van der Waals surface area contributed by atoms with Gasteiger partial charge in [0.2, 0.25) is 0 Å². The maximum absolute atomic E-state index is 14.2. The molecule has 2 bridgehead atoms. The number of carbonyl (C=O) groups is 1. The summed E-state index contributed by atoms with van der Waals surface area (Å²) < 4.78 is 15.6. The van der Waals surface area contributed by atoms with Crippen LogP contribution in [0.4, 0.5) is 4.39 Å². The highest BCUT2D eigenvalue weighted by Gasteiger charge is 2.44. The van der Waals surface area contributed by atoms with Crippen LogP contribution in [0.1, 0.15) is 52.8 Å². The first-order valence-electron chi connectivity index (χ1n) is 6.87. The molecular formula is C15H12ClFN2O2. The fraction of sp³-hybridized carbons (Fsp3) is 0.333. The first kappa shape index (κ1) is 12.8. The molecule has 0 radical (unpaired) electrons. The molecule has 0 amide bonds. The van der Waals surface area contributed by atoms with Gasteiger partial charge in [0.15, 0.2) is 5.69 Å². The molecule has 2 aliphatic rings. The predicted molar refractivity (Wildman–Crippen MR) is 74.8 cm³/mol. The zero-order valence-corrected chi connectivity index (χ0v) is 11.8. The number of aromatic nitrogens is 2. The molecule has 1 aromatic heterocycles. The number of carboxylic acid groups (broad SMARTS) is 1. The van der Waals surface area contributed by atoms with Gasteiger partial charge in [-0.2, -0.15) is 5.10 Å². The number of rotatable bonds is 2. The van der Waals surface area contributed by atoms with Crippen molar-refractivity contribution >= 4 is 17.6 Å². The highest BCUT2D eigenvalue weighted by molar-refractivity contribution is 6.30. The van der Waals surface area contributed by atoms with Gasteiger partial charge in [-0.1, -0.05) is 11.6 Å². The molecule has 2 aliphatic carbocycles. The Morgan fingerprint density at radius 2 is 2.14 bits per heavy atom. The lowest BCUT2D eigenvalue weighted by molar-refractivity contribution is 0.0688. The third-order valence-corrected chi connectivity index (χ3v) is 4.76. The van der Waals surface area contributed by atoms with Crippen LogP contribution in [0.3, 0.4) is 0 Å². The summed E-state index contributed by atoms with van der Waals surface area (Å²) in [5, 5.41) is 13.8. The molecule has 1 heterocycles. The predicted octanol–water partition coefficient (Wildman–Crippen LogP) is 3.73. The molecular weight excluding hydrogens is 295 g/mol. The molecule has 4 nitrogen and oxygen atoms in total. The molecule has 1 saturated carbocycles. The summed E-state index contributed by atoms with van der Waals surface area (Å²) in [7, 11) is 0. The van der Waals surface area contributed by atoms with Gasteiger partial charge in [0.05, 0.1) is 5.69 Å². The summed E-state index contributed by atoms with van der Waals surface area (Å²) in [5.41, 5.74) is 1.99. The van der Waals surface area contributed by atoms with Crippen molar-refractivity contribution < 1.29 is 14.3 Å². The van der Waals surface area contributed by atoms with Crippen molar-refractivity contribution in [2.24, 2.45) is 0 Å². The molecule has 1 aromatic carbocycles. The molecule has 0 aliphatic heterocycles. The average molecular weight is 307 g/mol. The number of carboxylic acids is 1. The third kappa shape index (κ3) is 1.73. The van der Waals surface area contributed by atoms with Gasteiger partial charge in [-0.15, -0.1) is 0 Å². The molecule has 1 N–H and O–H groups in total.